The van der Waals surface area contributed by atoms with E-state index >= 15 is 0 Å². The summed E-state index contributed by atoms with van der Waals surface area (Å²) in [5.74, 6) is 1.78. The zero-order chi connectivity index (χ0) is 13.3. The van der Waals surface area contributed by atoms with Gasteiger partial charge in [-0.3, -0.25) is 0 Å². The number of aryl methyl sites for hydroxylation is 1. The summed E-state index contributed by atoms with van der Waals surface area (Å²) in [5.41, 5.74) is 2.27. The van der Waals surface area contributed by atoms with Crippen molar-refractivity contribution in [2.45, 2.75) is 57.5 Å². The normalized spacial score (nSPS) is 29.3. The average Bonchev–Trinajstić information content (AvgIpc) is 3.02. The molecule has 19 heavy (non-hydrogen) atoms. The van der Waals surface area contributed by atoms with Gasteiger partial charge in [0.1, 0.15) is 5.75 Å². The van der Waals surface area contributed by atoms with Crippen molar-refractivity contribution < 1.29 is 9.84 Å². The van der Waals surface area contributed by atoms with Crippen LogP contribution in [0.1, 0.15) is 50.2 Å². The molecule has 2 heteroatoms. The smallest absolute Gasteiger partial charge is 0.122 e. The molecule has 2 unspecified atom stereocenters. The van der Waals surface area contributed by atoms with Gasteiger partial charge in [-0.1, -0.05) is 25.5 Å². The van der Waals surface area contributed by atoms with Crippen molar-refractivity contribution in [3.63, 3.8) is 0 Å². The molecule has 104 valence electrons. The lowest BCUT2D eigenvalue weighted by atomic mass is 9.91. The third-order valence-electron chi connectivity index (χ3n) is 4.90. The van der Waals surface area contributed by atoms with Crippen LogP contribution < -0.4 is 4.74 Å². The summed E-state index contributed by atoms with van der Waals surface area (Å²) in [5, 5.41) is 10.6. The number of ether oxygens (including phenoxy) is 1. The van der Waals surface area contributed by atoms with Gasteiger partial charge in [-0.15, -0.1) is 0 Å². The Kier molecular flexibility index (Phi) is 3.53. The zero-order valence-corrected chi connectivity index (χ0v) is 11.8. The van der Waals surface area contributed by atoms with Crippen molar-refractivity contribution in [1.82, 2.24) is 0 Å². The average molecular weight is 260 g/mol. The van der Waals surface area contributed by atoms with Gasteiger partial charge in [-0.25, -0.2) is 0 Å². The van der Waals surface area contributed by atoms with E-state index in [2.05, 4.69) is 25.1 Å². The van der Waals surface area contributed by atoms with Crippen LogP contribution in [0.3, 0.4) is 0 Å². The first-order valence-electron chi connectivity index (χ1n) is 7.65. The molecule has 0 saturated heterocycles. The summed E-state index contributed by atoms with van der Waals surface area (Å²) >= 11 is 0. The Morgan fingerprint density at radius 1 is 1.42 bits per heavy atom. The molecule has 1 aliphatic carbocycles. The third-order valence-corrected chi connectivity index (χ3v) is 4.90. The Hall–Kier alpha value is -1.02. The molecule has 1 aromatic rings. The minimum Gasteiger partial charge on any atom is -0.493 e. The highest BCUT2D eigenvalue weighted by atomic mass is 16.5. The van der Waals surface area contributed by atoms with Gasteiger partial charge in [-0.05, 0) is 55.2 Å². The fourth-order valence-electron chi connectivity index (χ4n) is 3.56. The molecule has 3 rings (SSSR count). The van der Waals surface area contributed by atoms with Crippen molar-refractivity contribution >= 4 is 0 Å². The zero-order valence-electron chi connectivity index (χ0n) is 11.8. The lowest BCUT2D eigenvalue weighted by Gasteiger charge is -2.22. The van der Waals surface area contributed by atoms with Gasteiger partial charge < -0.3 is 9.84 Å². The van der Waals surface area contributed by atoms with E-state index in [4.69, 9.17) is 4.74 Å². The SMILES string of the molecule is CCC1CCC(O)(CCc2ccc3c(c2)CCO3)C1. The molecule has 1 saturated carbocycles. The second-order valence-electron chi connectivity index (χ2n) is 6.28. The van der Waals surface area contributed by atoms with Crippen LogP contribution in [-0.4, -0.2) is 17.3 Å². The molecule has 0 spiro atoms. The number of hydrogen-bond acceptors (Lipinski definition) is 2. The van der Waals surface area contributed by atoms with Crippen LogP contribution in [0.5, 0.6) is 5.75 Å². The van der Waals surface area contributed by atoms with Gasteiger partial charge >= 0.3 is 0 Å². The first kappa shape index (κ1) is 13.0. The van der Waals surface area contributed by atoms with Crippen LogP contribution in [0.4, 0.5) is 0 Å². The predicted molar refractivity (Wildman–Crippen MR) is 76.5 cm³/mol. The van der Waals surface area contributed by atoms with E-state index in [0.29, 0.717) is 0 Å². The molecule has 1 heterocycles. The van der Waals surface area contributed by atoms with Crippen molar-refractivity contribution in [2.75, 3.05) is 6.61 Å². The summed E-state index contributed by atoms with van der Waals surface area (Å²) in [7, 11) is 0. The maximum atomic E-state index is 10.6. The summed E-state index contributed by atoms with van der Waals surface area (Å²) in [6.45, 7) is 3.05. The maximum Gasteiger partial charge on any atom is 0.122 e. The summed E-state index contributed by atoms with van der Waals surface area (Å²) in [4.78, 5) is 0. The van der Waals surface area contributed by atoms with Gasteiger partial charge in [0.15, 0.2) is 0 Å². The van der Waals surface area contributed by atoms with E-state index in [0.717, 1.165) is 50.4 Å². The molecule has 0 aromatic heterocycles. The quantitative estimate of drug-likeness (QED) is 0.898. The highest BCUT2D eigenvalue weighted by Gasteiger charge is 2.35. The number of benzene rings is 1. The standard InChI is InChI=1S/C17H24O2/c1-2-13-5-8-17(18,12-13)9-6-14-3-4-16-15(11-14)7-10-19-16/h3-4,11,13,18H,2,5-10,12H2,1H3. The highest BCUT2D eigenvalue weighted by Crippen LogP contribution is 2.39. The molecule has 0 bridgehead atoms. The van der Waals surface area contributed by atoms with Gasteiger partial charge in [0, 0.05) is 6.42 Å². The lowest BCUT2D eigenvalue weighted by Crippen LogP contribution is -2.25. The largest absolute Gasteiger partial charge is 0.493 e. The maximum absolute atomic E-state index is 10.6. The molecule has 1 aliphatic heterocycles. The Balaban J connectivity index is 1.60. The Morgan fingerprint density at radius 3 is 3.11 bits per heavy atom. The van der Waals surface area contributed by atoms with Gasteiger partial charge in [0.2, 0.25) is 0 Å². The Morgan fingerprint density at radius 2 is 2.32 bits per heavy atom. The first-order valence-corrected chi connectivity index (χ1v) is 7.65. The molecule has 1 fully saturated rings. The highest BCUT2D eigenvalue weighted by molar-refractivity contribution is 5.39. The summed E-state index contributed by atoms with van der Waals surface area (Å²) in [6.07, 6.45) is 7.31. The summed E-state index contributed by atoms with van der Waals surface area (Å²) in [6, 6.07) is 6.50. The molecule has 0 radical (unpaired) electrons. The molecule has 0 amide bonds. The molecule has 1 N–H and O–H groups in total. The minimum atomic E-state index is -0.407. The van der Waals surface area contributed by atoms with Crippen LogP contribution in [0, 0.1) is 5.92 Å². The van der Waals surface area contributed by atoms with Crippen molar-refractivity contribution in [2.24, 2.45) is 5.92 Å². The molecule has 1 aromatic carbocycles. The number of hydrogen-bond donors (Lipinski definition) is 1. The fourth-order valence-corrected chi connectivity index (χ4v) is 3.56. The van der Waals surface area contributed by atoms with Crippen molar-refractivity contribution in [3.05, 3.63) is 29.3 Å². The Bertz CT molecular complexity index is 455. The van der Waals surface area contributed by atoms with E-state index < -0.39 is 5.60 Å². The molecule has 2 atom stereocenters. The number of aliphatic hydroxyl groups is 1. The molecular weight excluding hydrogens is 236 g/mol. The van der Waals surface area contributed by atoms with Crippen LogP contribution in [0.15, 0.2) is 18.2 Å². The van der Waals surface area contributed by atoms with E-state index in [9.17, 15) is 5.11 Å². The topological polar surface area (TPSA) is 29.5 Å². The molecular formula is C17H24O2. The monoisotopic (exact) mass is 260 g/mol. The van der Waals surface area contributed by atoms with E-state index in [-0.39, 0.29) is 0 Å². The van der Waals surface area contributed by atoms with Gasteiger partial charge in [0.25, 0.3) is 0 Å². The van der Waals surface area contributed by atoms with Crippen LogP contribution in [0.25, 0.3) is 0 Å². The summed E-state index contributed by atoms with van der Waals surface area (Å²) < 4.78 is 5.53. The van der Waals surface area contributed by atoms with Crippen molar-refractivity contribution in [3.8, 4) is 5.75 Å². The number of fused-ring (bicyclic) bond motifs is 1. The Labute approximate surface area is 115 Å². The van der Waals surface area contributed by atoms with Crippen LogP contribution in [-0.2, 0) is 12.8 Å². The minimum absolute atomic E-state index is 0.407. The number of rotatable bonds is 4. The third kappa shape index (κ3) is 2.79. The predicted octanol–water partition coefficient (Wildman–Crippen LogP) is 3.50. The second kappa shape index (κ2) is 5.16. The fraction of sp³-hybridized carbons (Fsp3) is 0.647. The van der Waals surface area contributed by atoms with E-state index in [1.54, 1.807) is 0 Å². The second-order valence-corrected chi connectivity index (χ2v) is 6.28. The van der Waals surface area contributed by atoms with Crippen LogP contribution in [0.2, 0.25) is 0 Å². The van der Waals surface area contributed by atoms with Crippen molar-refractivity contribution in [1.29, 1.82) is 0 Å². The lowest BCUT2D eigenvalue weighted by molar-refractivity contribution is 0.0348. The van der Waals surface area contributed by atoms with E-state index in [1.807, 2.05) is 0 Å². The van der Waals surface area contributed by atoms with Gasteiger partial charge in [0.05, 0.1) is 12.2 Å². The van der Waals surface area contributed by atoms with E-state index in [1.165, 1.54) is 24.0 Å². The first-order chi connectivity index (χ1) is 9.18. The van der Waals surface area contributed by atoms with Gasteiger partial charge in [-0.2, -0.15) is 0 Å². The molecule has 2 nitrogen and oxygen atoms in total. The van der Waals surface area contributed by atoms with Crippen LogP contribution >= 0.6 is 0 Å². The molecule has 2 aliphatic rings.